The fourth-order valence-corrected chi connectivity index (χ4v) is 2.28. The van der Waals surface area contributed by atoms with Crippen LogP contribution in [0.15, 0.2) is 28.7 Å². The Morgan fingerprint density at radius 1 is 1.36 bits per heavy atom. The van der Waals surface area contributed by atoms with Crippen molar-refractivity contribution < 1.29 is 4.42 Å². The summed E-state index contributed by atoms with van der Waals surface area (Å²) in [7, 11) is 0. The van der Waals surface area contributed by atoms with Crippen LogP contribution in [0.3, 0.4) is 0 Å². The number of rotatable bonds is 0. The van der Waals surface area contributed by atoms with Crippen LogP contribution < -0.4 is 5.32 Å². The minimum atomic E-state index is 0.419. The van der Waals surface area contributed by atoms with Gasteiger partial charge in [-0.25, -0.2) is 0 Å². The topological polar surface area (TPSA) is 25.2 Å². The van der Waals surface area contributed by atoms with Gasteiger partial charge in [0.2, 0.25) is 0 Å². The Kier molecular flexibility index (Phi) is 1.64. The van der Waals surface area contributed by atoms with E-state index in [1.807, 2.05) is 12.1 Å². The van der Waals surface area contributed by atoms with Gasteiger partial charge >= 0.3 is 0 Å². The van der Waals surface area contributed by atoms with Crippen LogP contribution in [0.4, 0.5) is 0 Å². The molecule has 0 saturated carbocycles. The number of hydrogen-bond donors (Lipinski definition) is 1. The van der Waals surface area contributed by atoms with Crippen molar-refractivity contribution in [3.8, 4) is 0 Å². The van der Waals surface area contributed by atoms with Gasteiger partial charge in [0.1, 0.15) is 11.3 Å². The molecule has 1 aromatic carbocycles. The molecule has 2 heterocycles. The zero-order valence-electron chi connectivity index (χ0n) is 8.21. The molecule has 0 aliphatic carbocycles. The molecular weight excluding hydrogens is 174 g/mol. The second-order valence-electron chi connectivity index (χ2n) is 3.86. The average Bonchev–Trinajstić information content (AvgIpc) is 2.57. The maximum Gasteiger partial charge on any atom is 0.134 e. The smallest absolute Gasteiger partial charge is 0.134 e. The van der Waals surface area contributed by atoms with Gasteiger partial charge in [0.15, 0.2) is 0 Å². The summed E-state index contributed by atoms with van der Waals surface area (Å²) in [6, 6.07) is 8.69. The van der Waals surface area contributed by atoms with Crippen LogP contribution in [-0.2, 0) is 6.42 Å². The molecule has 3 rings (SSSR count). The molecular formula is C12H13NO. The van der Waals surface area contributed by atoms with Crippen molar-refractivity contribution in [2.45, 2.75) is 19.4 Å². The number of nitrogens with one attached hydrogen (secondary N) is 1. The van der Waals surface area contributed by atoms with Gasteiger partial charge in [0, 0.05) is 30.0 Å². The van der Waals surface area contributed by atoms with E-state index in [2.05, 4.69) is 24.4 Å². The van der Waals surface area contributed by atoms with Crippen molar-refractivity contribution in [1.29, 1.82) is 0 Å². The highest BCUT2D eigenvalue weighted by Gasteiger charge is 2.22. The Morgan fingerprint density at radius 3 is 3.14 bits per heavy atom. The van der Waals surface area contributed by atoms with Crippen molar-refractivity contribution >= 4 is 11.0 Å². The fourth-order valence-electron chi connectivity index (χ4n) is 2.28. The van der Waals surface area contributed by atoms with Gasteiger partial charge in [-0.15, -0.1) is 0 Å². The lowest BCUT2D eigenvalue weighted by molar-refractivity contribution is 0.463. The summed E-state index contributed by atoms with van der Waals surface area (Å²) < 4.78 is 5.82. The third-order valence-corrected chi connectivity index (χ3v) is 2.95. The molecule has 0 bridgehead atoms. The Labute approximate surface area is 82.9 Å². The van der Waals surface area contributed by atoms with Gasteiger partial charge in [0.05, 0.1) is 0 Å². The molecule has 0 radical (unpaired) electrons. The zero-order valence-corrected chi connectivity index (χ0v) is 8.21. The van der Waals surface area contributed by atoms with Crippen molar-refractivity contribution in [1.82, 2.24) is 5.32 Å². The van der Waals surface area contributed by atoms with E-state index >= 15 is 0 Å². The van der Waals surface area contributed by atoms with Crippen molar-refractivity contribution in [2.75, 3.05) is 6.54 Å². The first-order chi connectivity index (χ1) is 6.86. The highest BCUT2D eigenvalue weighted by Crippen LogP contribution is 2.32. The molecule has 1 atom stereocenters. The van der Waals surface area contributed by atoms with Crippen LogP contribution in [0.2, 0.25) is 0 Å². The van der Waals surface area contributed by atoms with Gasteiger partial charge in [0.25, 0.3) is 0 Å². The number of benzene rings is 1. The lowest BCUT2D eigenvalue weighted by Crippen LogP contribution is -2.26. The van der Waals surface area contributed by atoms with Crippen molar-refractivity contribution in [3.63, 3.8) is 0 Å². The highest BCUT2D eigenvalue weighted by atomic mass is 16.3. The monoisotopic (exact) mass is 187 g/mol. The third kappa shape index (κ3) is 1.01. The van der Waals surface area contributed by atoms with E-state index in [-0.39, 0.29) is 0 Å². The van der Waals surface area contributed by atoms with Gasteiger partial charge < -0.3 is 9.73 Å². The minimum Gasteiger partial charge on any atom is -0.461 e. The van der Waals surface area contributed by atoms with Gasteiger partial charge in [-0.05, 0) is 13.0 Å². The van der Waals surface area contributed by atoms with E-state index in [4.69, 9.17) is 4.42 Å². The molecule has 1 aromatic heterocycles. The number of fused-ring (bicyclic) bond motifs is 3. The summed E-state index contributed by atoms with van der Waals surface area (Å²) in [5.74, 6) is 1.16. The standard InChI is InChI=1S/C12H13NO/c1-8-12-9-4-2-3-5-10(9)14-11(12)6-7-13-8/h2-5,8,13H,6-7H2,1H3. The first-order valence-electron chi connectivity index (χ1n) is 5.10. The normalized spacial score (nSPS) is 21.1. The largest absolute Gasteiger partial charge is 0.461 e. The summed E-state index contributed by atoms with van der Waals surface area (Å²) in [6.45, 7) is 3.22. The maximum atomic E-state index is 5.82. The zero-order chi connectivity index (χ0) is 9.54. The van der Waals surface area contributed by atoms with Crippen molar-refractivity contribution in [2.24, 2.45) is 0 Å². The van der Waals surface area contributed by atoms with Crippen LogP contribution in [0.1, 0.15) is 24.3 Å². The molecule has 1 unspecified atom stereocenters. The molecule has 0 saturated heterocycles. The Hall–Kier alpha value is -1.28. The molecule has 0 spiro atoms. The summed E-state index contributed by atoms with van der Waals surface area (Å²) in [5, 5.41) is 4.72. The predicted molar refractivity (Wildman–Crippen MR) is 56.3 cm³/mol. The lowest BCUT2D eigenvalue weighted by Gasteiger charge is -2.19. The molecule has 1 aliphatic heterocycles. The van der Waals surface area contributed by atoms with Crippen LogP contribution in [0, 0.1) is 0 Å². The van der Waals surface area contributed by atoms with Crippen LogP contribution in [-0.4, -0.2) is 6.54 Å². The molecule has 0 fully saturated rings. The third-order valence-electron chi connectivity index (χ3n) is 2.95. The van der Waals surface area contributed by atoms with E-state index < -0.39 is 0 Å². The minimum absolute atomic E-state index is 0.419. The molecule has 72 valence electrons. The summed E-state index contributed by atoms with van der Waals surface area (Å²) in [6.07, 6.45) is 1.01. The van der Waals surface area contributed by atoms with Crippen LogP contribution in [0.25, 0.3) is 11.0 Å². The van der Waals surface area contributed by atoms with E-state index in [9.17, 15) is 0 Å². The first-order valence-corrected chi connectivity index (χ1v) is 5.10. The van der Waals surface area contributed by atoms with E-state index in [0.29, 0.717) is 6.04 Å². The maximum absolute atomic E-state index is 5.82. The number of para-hydroxylation sites is 1. The lowest BCUT2D eigenvalue weighted by atomic mass is 9.99. The predicted octanol–water partition coefficient (Wildman–Crippen LogP) is 2.64. The van der Waals surface area contributed by atoms with Crippen LogP contribution >= 0.6 is 0 Å². The Balaban J connectivity index is 2.34. The number of hydrogen-bond acceptors (Lipinski definition) is 2. The number of furan rings is 1. The van der Waals surface area contributed by atoms with Gasteiger partial charge in [-0.1, -0.05) is 18.2 Å². The van der Waals surface area contributed by atoms with E-state index in [1.54, 1.807) is 0 Å². The summed E-state index contributed by atoms with van der Waals surface area (Å²) >= 11 is 0. The van der Waals surface area contributed by atoms with E-state index in [0.717, 1.165) is 24.3 Å². The average molecular weight is 187 g/mol. The summed E-state index contributed by atoms with van der Waals surface area (Å²) in [5.41, 5.74) is 2.37. The van der Waals surface area contributed by atoms with E-state index in [1.165, 1.54) is 10.9 Å². The summed E-state index contributed by atoms with van der Waals surface area (Å²) in [4.78, 5) is 0. The molecule has 2 heteroatoms. The first kappa shape index (κ1) is 8.06. The SMILES string of the molecule is CC1NCCc2oc3ccccc3c21. The van der Waals surface area contributed by atoms with Gasteiger partial charge in [-0.3, -0.25) is 0 Å². The molecule has 2 nitrogen and oxygen atoms in total. The quantitative estimate of drug-likeness (QED) is 0.686. The Morgan fingerprint density at radius 2 is 2.21 bits per heavy atom. The highest BCUT2D eigenvalue weighted by molar-refractivity contribution is 5.83. The molecule has 1 N–H and O–H groups in total. The molecule has 2 aromatic rings. The van der Waals surface area contributed by atoms with Gasteiger partial charge in [-0.2, -0.15) is 0 Å². The molecule has 1 aliphatic rings. The van der Waals surface area contributed by atoms with Crippen molar-refractivity contribution in [3.05, 3.63) is 35.6 Å². The fraction of sp³-hybridized carbons (Fsp3) is 0.333. The molecule has 14 heavy (non-hydrogen) atoms. The second kappa shape index (κ2) is 2.85. The van der Waals surface area contributed by atoms with Crippen LogP contribution in [0.5, 0.6) is 0 Å². The second-order valence-corrected chi connectivity index (χ2v) is 3.86. The molecule has 0 amide bonds. The Bertz CT molecular complexity index is 472.